The van der Waals surface area contributed by atoms with Crippen LogP contribution in [-0.4, -0.2) is 11.2 Å². The Morgan fingerprint density at radius 2 is 1.78 bits per heavy atom. The molecule has 1 amide bonds. The highest BCUT2D eigenvalue weighted by atomic mass is 32.2. The quantitative estimate of drug-likeness (QED) is 0.712. The monoisotopic (exact) mass is 331 g/mol. The molecular formula is C19H22FNOS. The van der Waals surface area contributed by atoms with Gasteiger partial charge in [-0.05, 0) is 55.2 Å². The average molecular weight is 331 g/mol. The lowest BCUT2D eigenvalue weighted by molar-refractivity contribution is -0.115. The van der Waals surface area contributed by atoms with Crippen LogP contribution in [0.1, 0.15) is 38.7 Å². The first kappa shape index (κ1) is 17.5. The van der Waals surface area contributed by atoms with Gasteiger partial charge < -0.3 is 5.32 Å². The number of thioether (sulfide) groups is 1. The lowest BCUT2D eigenvalue weighted by atomic mass is 9.97. The summed E-state index contributed by atoms with van der Waals surface area (Å²) < 4.78 is 12.9. The minimum Gasteiger partial charge on any atom is -0.325 e. The first-order valence-electron chi connectivity index (χ1n) is 7.83. The van der Waals surface area contributed by atoms with Gasteiger partial charge in [0.1, 0.15) is 5.82 Å². The fourth-order valence-corrected chi connectivity index (χ4v) is 3.13. The topological polar surface area (TPSA) is 29.1 Å². The Morgan fingerprint density at radius 3 is 2.43 bits per heavy atom. The molecule has 0 spiro atoms. The maximum Gasteiger partial charge on any atom is 0.237 e. The van der Waals surface area contributed by atoms with E-state index < -0.39 is 0 Å². The summed E-state index contributed by atoms with van der Waals surface area (Å²) in [5.41, 5.74) is 2.03. The van der Waals surface area contributed by atoms with Crippen LogP contribution < -0.4 is 5.32 Å². The zero-order valence-electron chi connectivity index (χ0n) is 13.7. The van der Waals surface area contributed by atoms with Crippen molar-refractivity contribution in [3.63, 3.8) is 0 Å². The Kier molecular flexibility index (Phi) is 6.22. The SMILES string of the molecule is CCC(C)c1ccccc1NC(=O)C(C)Sc1ccc(F)cc1. The van der Waals surface area contributed by atoms with Crippen molar-refractivity contribution >= 4 is 23.4 Å². The van der Waals surface area contributed by atoms with Gasteiger partial charge in [0.05, 0.1) is 5.25 Å². The van der Waals surface area contributed by atoms with Gasteiger partial charge in [-0.1, -0.05) is 32.0 Å². The molecule has 122 valence electrons. The Balaban J connectivity index is 2.05. The van der Waals surface area contributed by atoms with E-state index in [0.717, 1.165) is 22.6 Å². The zero-order chi connectivity index (χ0) is 16.8. The lowest BCUT2D eigenvalue weighted by Crippen LogP contribution is -2.23. The van der Waals surface area contributed by atoms with Crippen molar-refractivity contribution in [3.8, 4) is 0 Å². The first-order chi connectivity index (χ1) is 11.0. The van der Waals surface area contributed by atoms with Gasteiger partial charge in [0.15, 0.2) is 0 Å². The van der Waals surface area contributed by atoms with Crippen LogP contribution in [-0.2, 0) is 4.79 Å². The normalized spacial score (nSPS) is 13.4. The number of hydrogen-bond donors (Lipinski definition) is 1. The predicted molar refractivity (Wildman–Crippen MR) is 95.5 cm³/mol. The van der Waals surface area contributed by atoms with E-state index in [4.69, 9.17) is 0 Å². The van der Waals surface area contributed by atoms with Gasteiger partial charge in [-0.3, -0.25) is 4.79 Å². The van der Waals surface area contributed by atoms with E-state index in [1.165, 1.54) is 23.9 Å². The van der Waals surface area contributed by atoms with Crippen LogP contribution in [0.3, 0.4) is 0 Å². The van der Waals surface area contributed by atoms with Gasteiger partial charge in [-0.15, -0.1) is 11.8 Å². The van der Waals surface area contributed by atoms with Crippen molar-refractivity contribution in [2.45, 2.75) is 43.3 Å². The third-order valence-corrected chi connectivity index (χ3v) is 4.97. The molecule has 2 atom stereocenters. The summed E-state index contributed by atoms with van der Waals surface area (Å²) >= 11 is 1.42. The molecule has 0 saturated heterocycles. The minimum absolute atomic E-state index is 0.0462. The standard InChI is InChI=1S/C19H22FNOS/c1-4-13(2)17-7-5-6-8-18(17)21-19(22)14(3)23-16-11-9-15(20)10-12-16/h5-14H,4H2,1-3H3,(H,21,22). The number of anilines is 1. The lowest BCUT2D eigenvalue weighted by Gasteiger charge is -2.17. The van der Waals surface area contributed by atoms with E-state index in [1.807, 2.05) is 25.1 Å². The Morgan fingerprint density at radius 1 is 1.13 bits per heavy atom. The Hall–Kier alpha value is -1.81. The number of benzene rings is 2. The van der Waals surface area contributed by atoms with Crippen LogP contribution in [0.25, 0.3) is 0 Å². The highest BCUT2D eigenvalue weighted by molar-refractivity contribution is 8.00. The molecule has 0 aliphatic rings. The van der Waals surface area contributed by atoms with Crippen molar-refractivity contribution in [2.24, 2.45) is 0 Å². The van der Waals surface area contributed by atoms with Gasteiger partial charge in [0.25, 0.3) is 0 Å². The van der Waals surface area contributed by atoms with E-state index in [9.17, 15) is 9.18 Å². The van der Waals surface area contributed by atoms with Crippen molar-refractivity contribution in [3.05, 3.63) is 59.9 Å². The van der Waals surface area contributed by atoms with Crippen molar-refractivity contribution in [1.29, 1.82) is 0 Å². The van der Waals surface area contributed by atoms with Crippen LogP contribution in [0.5, 0.6) is 0 Å². The fraction of sp³-hybridized carbons (Fsp3) is 0.316. The van der Waals surface area contributed by atoms with Gasteiger partial charge in [0.2, 0.25) is 5.91 Å². The molecule has 23 heavy (non-hydrogen) atoms. The molecule has 0 radical (unpaired) electrons. The Bertz CT molecular complexity index is 657. The summed E-state index contributed by atoms with van der Waals surface area (Å²) in [4.78, 5) is 13.3. The third kappa shape index (κ3) is 4.83. The number of nitrogens with one attached hydrogen (secondary N) is 1. The molecule has 1 N–H and O–H groups in total. The van der Waals surface area contributed by atoms with Crippen molar-refractivity contribution in [2.75, 3.05) is 5.32 Å². The molecular weight excluding hydrogens is 309 g/mol. The summed E-state index contributed by atoms with van der Waals surface area (Å²) in [7, 11) is 0. The van der Waals surface area contributed by atoms with Crippen LogP contribution in [0.4, 0.5) is 10.1 Å². The van der Waals surface area contributed by atoms with E-state index in [-0.39, 0.29) is 17.0 Å². The van der Waals surface area contributed by atoms with E-state index >= 15 is 0 Å². The summed E-state index contributed by atoms with van der Waals surface area (Å²) in [6.07, 6.45) is 1.02. The maximum absolute atomic E-state index is 12.9. The molecule has 0 aliphatic heterocycles. The van der Waals surface area contributed by atoms with Crippen LogP contribution in [0.15, 0.2) is 53.4 Å². The molecule has 2 aromatic rings. The second kappa shape index (κ2) is 8.16. The summed E-state index contributed by atoms with van der Waals surface area (Å²) in [6.45, 7) is 6.15. The third-order valence-electron chi connectivity index (χ3n) is 3.86. The van der Waals surface area contributed by atoms with Gasteiger partial charge >= 0.3 is 0 Å². The molecule has 0 aromatic heterocycles. The molecule has 2 rings (SSSR count). The van der Waals surface area contributed by atoms with Crippen molar-refractivity contribution in [1.82, 2.24) is 0 Å². The summed E-state index contributed by atoms with van der Waals surface area (Å²) in [5, 5.41) is 2.76. The molecule has 0 fully saturated rings. The van der Waals surface area contributed by atoms with Crippen LogP contribution >= 0.6 is 11.8 Å². The molecule has 2 nitrogen and oxygen atoms in total. The second-order valence-electron chi connectivity index (χ2n) is 5.60. The smallest absolute Gasteiger partial charge is 0.237 e. The minimum atomic E-state index is -0.270. The molecule has 2 unspecified atom stereocenters. The average Bonchev–Trinajstić information content (AvgIpc) is 2.56. The largest absolute Gasteiger partial charge is 0.325 e. The van der Waals surface area contributed by atoms with E-state index in [1.54, 1.807) is 12.1 Å². The number of amides is 1. The number of halogens is 1. The maximum atomic E-state index is 12.9. The molecule has 4 heteroatoms. The molecule has 2 aromatic carbocycles. The van der Waals surface area contributed by atoms with Gasteiger partial charge in [0, 0.05) is 10.6 Å². The molecule has 0 saturated carbocycles. The van der Waals surface area contributed by atoms with E-state index in [2.05, 4.69) is 25.2 Å². The number of carbonyl (C=O) groups excluding carboxylic acids is 1. The summed E-state index contributed by atoms with van der Waals surface area (Å²) in [5.74, 6) is 0.0792. The fourth-order valence-electron chi connectivity index (χ4n) is 2.27. The number of rotatable bonds is 6. The predicted octanol–water partition coefficient (Wildman–Crippen LogP) is 5.46. The number of para-hydroxylation sites is 1. The van der Waals surface area contributed by atoms with Crippen LogP contribution in [0.2, 0.25) is 0 Å². The molecule has 0 bridgehead atoms. The number of carbonyl (C=O) groups is 1. The summed E-state index contributed by atoms with van der Waals surface area (Å²) in [6, 6.07) is 14.1. The highest BCUT2D eigenvalue weighted by Gasteiger charge is 2.17. The number of hydrogen-bond acceptors (Lipinski definition) is 2. The Labute approximate surface area is 141 Å². The van der Waals surface area contributed by atoms with Crippen molar-refractivity contribution < 1.29 is 9.18 Å². The highest BCUT2D eigenvalue weighted by Crippen LogP contribution is 2.28. The first-order valence-corrected chi connectivity index (χ1v) is 8.71. The van der Waals surface area contributed by atoms with Gasteiger partial charge in [-0.25, -0.2) is 4.39 Å². The van der Waals surface area contributed by atoms with Crippen LogP contribution in [0, 0.1) is 5.82 Å². The molecule has 0 heterocycles. The second-order valence-corrected chi connectivity index (χ2v) is 7.01. The zero-order valence-corrected chi connectivity index (χ0v) is 14.5. The van der Waals surface area contributed by atoms with Gasteiger partial charge in [-0.2, -0.15) is 0 Å². The van der Waals surface area contributed by atoms with E-state index in [0.29, 0.717) is 5.92 Å². The molecule has 0 aliphatic carbocycles.